The van der Waals surface area contributed by atoms with Crippen molar-refractivity contribution in [3.8, 4) is 5.75 Å². The van der Waals surface area contributed by atoms with E-state index in [0.29, 0.717) is 19.3 Å². The van der Waals surface area contributed by atoms with E-state index in [2.05, 4.69) is 5.32 Å². The van der Waals surface area contributed by atoms with E-state index in [0.717, 1.165) is 25.0 Å². The van der Waals surface area contributed by atoms with Crippen molar-refractivity contribution in [1.29, 1.82) is 0 Å². The van der Waals surface area contributed by atoms with Crippen LogP contribution in [0.15, 0.2) is 30.3 Å². The summed E-state index contributed by atoms with van der Waals surface area (Å²) < 4.78 is 17.7. The summed E-state index contributed by atoms with van der Waals surface area (Å²) in [6, 6.07) is 10.3. The van der Waals surface area contributed by atoms with E-state index in [-0.39, 0.29) is 6.10 Å². The van der Waals surface area contributed by atoms with Crippen molar-refractivity contribution < 1.29 is 14.2 Å². The molecule has 1 aliphatic heterocycles. The molecule has 1 aliphatic carbocycles. The number of para-hydroxylation sites is 1. The van der Waals surface area contributed by atoms with Crippen LogP contribution in [0.5, 0.6) is 5.75 Å². The minimum Gasteiger partial charge on any atom is -0.489 e. The lowest BCUT2D eigenvalue weighted by Gasteiger charge is -2.40. The predicted octanol–water partition coefficient (Wildman–Crippen LogP) is 1.95. The van der Waals surface area contributed by atoms with Gasteiger partial charge in [-0.25, -0.2) is 0 Å². The molecule has 1 aromatic rings. The van der Waals surface area contributed by atoms with Gasteiger partial charge in [0.1, 0.15) is 11.9 Å². The van der Waals surface area contributed by atoms with E-state index in [1.165, 1.54) is 0 Å². The van der Waals surface area contributed by atoms with Gasteiger partial charge in [-0.05, 0) is 25.6 Å². The Morgan fingerprint density at radius 2 is 1.95 bits per heavy atom. The average Bonchev–Trinajstić information content (AvgIpc) is 2.88. The third-order valence-corrected chi connectivity index (χ3v) is 4.01. The smallest absolute Gasteiger partial charge is 0.172 e. The molecule has 1 spiro atoms. The molecule has 1 heterocycles. The van der Waals surface area contributed by atoms with Gasteiger partial charge in [-0.1, -0.05) is 18.2 Å². The van der Waals surface area contributed by atoms with Gasteiger partial charge in [-0.2, -0.15) is 0 Å². The Kier molecular flexibility index (Phi) is 3.73. The fourth-order valence-corrected chi connectivity index (χ4v) is 3.00. The molecule has 0 amide bonds. The standard InChI is InChI=1S/C15H21NO3/c1-16-13-7-8-15(17-9-10-18-15)11-14(13)19-12-5-3-2-4-6-12/h2-6,13-14,16H,7-11H2,1H3. The van der Waals surface area contributed by atoms with Gasteiger partial charge in [-0.15, -0.1) is 0 Å². The zero-order valence-electron chi connectivity index (χ0n) is 11.3. The molecule has 1 aromatic carbocycles. The Labute approximate surface area is 114 Å². The largest absolute Gasteiger partial charge is 0.489 e. The van der Waals surface area contributed by atoms with E-state index in [1.54, 1.807) is 0 Å². The van der Waals surface area contributed by atoms with Gasteiger partial charge in [0.15, 0.2) is 5.79 Å². The molecule has 2 aliphatic rings. The molecular weight excluding hydrogens is 242 g/mol. The van der Waals surface area contributed by atoms with Crippen molar-refractivity contribution in [2.24, 2.45) is 0 Å². The summed E-state index contributed by atoms with van der Waals surface area (Å²) in [6.45, 7) is 1.39. The van der Waals surface area contributed by atoms with Crippen LogP contribution in [-0.4, -0.2) is 38.2 Å². The predicted molar refractivity (Wildman–Crippen MR) is 72.2 cm³/mol. The Morgan fingerprint density at radius 1 is 1.21 bits per heavy atom. The van der Waals surface area contributed by atoms with Crippen LogP contribution in [0.4, 0.5) is 0 Å². The number of ether oxygens (including phenoxy) is 3. The summed E-state index contributed by atoms with van der Waals surface area (Å²) in [5.74, 6) is 0.495. The van der Waals surface area contributed by atoms with Gasteiger partial charge >= 0.3 is 0 Å². The molecule has 1 N–H and O–H groups in total. The first kappa shape index (κ1) is 12.9. The molecule has 2 atom stereocenters. The Hall–Kier alpha value is -1.10. The quantitative estimate of drug-likeness (QED) is 0.905. The molecule has 2 fully saturated rings. The normalized spacial score (nSPS) is 29.5. The minimum absolute atomic E-state index is 0.0826. The fraction of sp³-hybridized carbons (Fsp3) is 0.600. The van der Waals surface area contributed by atoms with Crippen LogP contribution in [0.3, 0.4) is 0 Å². The number of nitrogens with one attached hydrogen (secondary N) is 1. The van der Waals surface area contributed by atoms with Gasteiger partial charge in [0.2, 0.25) is 0 Å². The van der Waals surface area contributed by atoms with Gasteiger partial charge in [-0.3, -0.25) is 0 Å². The van der Waals surface area contributed by atoms with Crippen molar-refractivity contribution in [2.75, 3.05) is 20.3 Å². The Balaban J connectivity index is 1.72. The highest BCUT2D eigenvalue weighted by Gasteiger charge is 2.45. The molecule has 0 bridgehead atoms. The van der Waals surface area contributed by atoms with Crippen LogP contribution in [0, 0.1) is 0 Å². The summed E-state index contributed by atoms with van der Waals surface area (Å²) in [4.78, 5) is 0. The van der Waals surface area contributed by atoms with Crippen LogP contribution in [0.1, 0.15) is 19.3 Å². The molecule has 4 nitrogen and oxygen atoms in total. The summed E-state index contributed by atoms with van der Waals surface area (Å²) in [5, 5.41) is 3.34. The van der Waals surface area contributed by atoms with Crippen LogP contribution < -0.4 is 10.1 Å². The van der Waals surface area contributed by atoms with Crippen LogP contribution in [0.25, 0.3) is 0 Å². The first-order valence-corrected chi connectivity index (χ1v) is 6.98. The van der Waals surface area contributed by atoms with Gasteiger partial charge in [0.25, 0.3) is 0 Å². The monoisotopic (exact) mass is 263 g/mol. The van der Waals surface area contributed by atoms with E-state index >= 15 is 0 Å². The highest BCUT2D eigenvalue weighted by atomic mass is 16.7. The minimum atomic E-state index is -0.410. The van der Waals surface area contributed by atoms with Crippen molar-refractivity contribution in [3.63, 3.8) is 0 Å². The maximum atomic E-state index is 6.12. The third-order valence-electron chi connectivity index (χ3n) is 4.01. The first-order chi connectivity index (χ1) is 9.31. The number of hydrogen-bond donors (Lipinski definition) is 1. The second-order valence-corrected chi connectivity index (χ2v) is 5.21. The van der Waals surface area contributed by atoms with Crippen LogP contribution in [-0.2, 0) is 9.47 Å². The number of benzene rings is 1. The van der Waals surface area contributed by atoms with Gasteiger partial charge < -0.3 is 19.5 Å². The molecule has 2 unspecified atom stereocenters. The first-order valence-electron chi connectivity index (χ1n) is 6.98. The molecule has 1 saturated carbocycles. The van der Waals surface area contributed by atoms with Crippen molar-refractivity contribution in [1.82, 2.24) is 5.32 Å². The van der Waals surface area contributed by atoms with Crippen LogP contribution >= 0.6 is 0 Å². The topological polar surface area (TPSA) is 39.7 Å². The lowest BCUT2D eigenvalue weighted by Crippen LogP contribution is -2.52. The average molecular weight is 263 g/mol. The molecule has 104 valence electrons. The summed E-state index contributed by atoms with van der Waals surface area (Å²) in [7, 11) is 1.99. The molecule has 0 radical (unpaired) electrons. The molecular formula is C15H21NO3. The Bertz CT molecular complexity index is 403. The molecule has 19 heavy (non-hydrogen) atoms. The third kappa shape index (κ3) is 2.76. The summed E-state index contributed by atoms with van der Waals surface area (Å²) in [5.41, 5.74) is 0. The van der Waals surface area contributed by atoms with Crippen molar-refractivity contribution in [3.05, 3.63) is 30.3 Å². The SMILES string of the molecule is CNC1CCC2(CC1Oc1ccccc1)OCCO2. The van der Waals surface area contributed by atoms with E-state index in [9.17, 15) is 0 Å². The maximum Gasteiger partial charge on any atom is 0.172 e. The van der Waals surface area contributed by atoms with Crippen LogP contribution in [0.2, 0.25) is 0 Å². The van der Waals surface area contributed by atoms with E-state index in [4.69, 9.17) is 14.2 Å². The van der Waals surface area contributed by atoms with Gasteiger partial charge in [0, 0.05) is 18.9 Å². The second kappa shape index (κ2) is 5.49. The zero-order valence-corrected chi connectivity index (χ0v) is 11.3. The second-order valence-electron chi connectivity index (χ2n) is 5.21. The van der Waals surface area contributed by atoms with E-state index in [1.807, 2.05) is 37.4 Å². The van der Waals surface area contributed by atoms with Crippen molar-refractivity contribution in [2.45, 2.75) is 37.2 Å². The van der Waals surface area contributed by atoms with Crippen molar-refractivity contribution >= 4 is 0 Å². The highest BCUT2D eigenvalue weighted by molar-refractivity contribution is 5.21. The molecule has 3 rings (SSSR count). The fourth-order valence-electron chi connectivity index (χ4n) is 3.00. The highest BCUT2D eigenvalue weighted by Crippen LogP contribution is 2.37. The lowest BCUT2D eigenvalue weighted by atomic mass is 9.87. The summed E-state index contributed by atoms with van der Waals surface area (Å²) in [6.07, 6.45) is 2.81. The number of rotatable bonds is 3. The summed E-state index contributed by atoms with van der Waals surface area (Å²) >= 11 is 0. The molecule has 4 heteroatoms. The van der Waals surface area contributed by atoms with E-state index < -0.39 is 5.79 Å². The molecule has 1 saturated heterocycles. The Morgan fingerprint density at radius 3 is 2.63 bits per heavy atom. The maximum absolute atomic E-state index is 6.12. The van der Waals surface area contributed by atoms with Gasteiger partial charge in [0.05, 0.1) is 13.2 Å². The lowest BCUT2D eigenvalue weighted by molar-refractivity contribution is -0.196. The number of hydrogen-bond acceptors (Lipinski definition) is 4. The number of likely N-dealkylation sites (N-methyl/N-ethyl adjacent to an activating group) is 1. The zero-order chi connectivity index (χ0) is 13.1. The molecule has 0 aromatic heterocycles.